The van der Waals surface area contributed by atoms with Crippen LogP contribution in [0, 0.1) is 5.82 Å². The van der Waals surface area contributed by atoms with Gasteiger partial charge in [-0.15, -0.1) is 0 Å². The van der Waals surface area contributed by atoms with Crippen LogP contribution >= 0.6 is 0 Å². The molecule has 0 spiro atoms. The molecule has 2 aromatic carbocycles. The van der Waals surface area contributed by atoms with E-state index >= 15 is 0 Å². The van der Waals surface area contributed by atoms with Crippen molar-refractivity contribution in [2.45, 2.75) is 0 Å². The second-order valence-corrected chi connectivity index (χ2v) is 2.84. The van der Waals surface area contributed by atoms with Crippen LogP contribution in [0.5, 0.6) is 5.75 Å². The zero-order chi connectivity index (χ0) is 9.97. The number of halogens is 1. The molecule has 3 heteroatoms. The minimum absolute atomic E-state index is 0.321. The number of ether oxygens (including phenoxy) is 1. The van der Waals surface area contributed by atoms with Crippen molar-refractivity contribution in [1.82, 2.24) is 0 Å². The third-order valence-electron chi connectivity index (χ3n) is 1.98. The van der Waals surface area contributed by atoms with E-state index in [-0.39, 0.29) is 5.82 Å². The minimum Gasteiger partial charge on any atom is -0.429 e. The van der Waals surface area contributed by atoms with Gasteiger partial charge in [0.25, 0.3) is 6.47 Å². The van der Waals surface area contributed by atoms with Gasteiger partial charge in [-0.3, -0.25) is 4.79 Å². The molecule has 0 fully saturated rings. The first-order chi connectivity index (χ1) is 6.81. The van der Waals surface area contributed by atoms with Crippen LogP contribution in [0.4, 0.5) is 4.39 Å². The van der Waals surface area contributed by atoms with Gasteiger partial charge in [0, 0.05) is 5.39 Å². The molecule has 0 radical (unpaired) electrons. The Morgan fingerprint density at radius 1 is 1.21 bits per heavy atom. The first kappa shape index (κ1) is 8.69. The topological polar surface area (TPSA) is 26.3 Å². The Kier molecular flexibility index (Phi) is 2.14. The molecule has 2 aromatic rings. The molecule has 0 bridgehead atoms. The zero-order valence-corrected chi connectivity index (χ0v) is 7.24. The van der Waals surface area contributed by atoms with Crippen molar-refractivity contribution in [3.63, 3.8) is 0 Å². The number of fused-ring (bicyclic) bond motifs is 1. The van der Waals surface area contributed by atoms with Crippen LogP contribution in [0.25, 0.3) is 10.8 Å². The first-order valence-corrected chi connectivity index (χ1v) is 4.10. The molecule has 0 N–H and O–H groups in total. The average molecular weight is 190 g/mol. The van der Waals surface area contributed by atoms with E-state index in [1.807, 2.05) is 0 Å². The van der Waals surface area contributed by atoms with Gasteiger partial charge < -0.3 is 4.74 Å². The summed E-state index contributed by atoms with van der Waals surface area (Å²) in [6.07, 6.45) is 0. The molecular weight excluding hydrogens is 183 g/mol. The maximum Gasteiger partial charge on any atom is 0.298 e. The van der Waals surface area contributed by atoms with Crippen LogP contribution in [0.3, 0.4) is 0 Å². The Hall–Kier alpha value is -1.90. The summed E-state index contributed by atoms with van der Waals surface area (Å²) in [7, 11) is 0. The molecule has 0 aliphatic heterocycles. The highest BCUT2D eigenvalue weighted by molar-refractivity contribution is 5.84. The van der Waals surface area contributed by atoms with Crippen LogP contribution in [0.15, 0.2) is 36.4 Å². The largest absolute Gasteiger partial charge is 0.429 e. The monoisotopic (exact) mass is 190 g/mol. The second kappa shape index (κ2) is 3.46. The number of benzene rings is 2. The van der Waals surface area contributed by atoms with Crippen molar-refractivity contribution >= 4 is 17.2 Å². The standard InChI is InChI=1S/C11H7FO2/c12-11-3-1-2-8-4-5-9(14-7-13)6-10(8)11/h1-7H. The molecule has 70 valence electrons. The molecule has 0 saturated heterocycles. The van der Waals surface area contributed by atoms with Crippen molar-refractivity contribution in [3.8, 4) is 5.75 Å². The molecule has 0 aliphatic carbocycles. The third kappa shape index (κ3) is 1.44. The van der Waals surface area contributed by atoms with Crippen LogP contribution in [0.2, 0.25) is 0 Å². The number of carbonyl (C=O) groups is 1. The number of carbonyl (C=O) groups excluding carboxylic acids is 1. The van der Waals surface area contributed by atoms with Gasteiger partial charge >= 0.3 is 0 Å². The van der Waals surface area contributed by atoms with Gasteiger partial charge in [-0.2, -0.15) is 0 Å². The summed E-state index contributed by atoms with van der Waals surface area (Å²) < 4.78 is 17.9. The summed E-state index contributed by atoms with van der Waals surface area (Å²) in [5, 5.41) is 1.23. The SMILES string of the molecule is O=COc1ccc2cccc(F)c2c1. The fourth-order valence-corrected chi connectivity index (χ4v) is 1.34. The summed E-state index contributed by atoms with van der Waals surface area (Å²) in [6.45, 7) is 0.321. The highest BCUT2D eigenvalue weighted by Gasteiger charge is 2.01. The van der Waals surface area contributed by atoms with Gasteiger partial charge in [-0.1, -0.05) is 18.2 Å². The molecule has 0 amide bonds. The normalized spacial score (nSPS) is 10.1. The van der Waals surface area contributed by atoms with Crippen molar-refractivity contribution < 1.29 is 13.9 Å². The van der Waals surface area contributed by atoms with E-state index in [0.717, 1.165) is 5.39 Å². The fraction of sp³-hybridized carbons (Fsp3) is 0. The van der Waals surface area contributed by atoms with Gasteiger partial charge in [0.05, 0.1) is 0 Å². The van der Waals surface area contributed by atoms with E-state index in [2.05, 4.69) is 4.74 Å². The van der Waals surface area contributed by atoms with Crippen LogP contribution in [-0.4, -0.2) is 6.47 Å². The first-order valence-electron chi connectivity index (χ1n) is 4.10. The van der Waals surface area contributed by atoms with Crippen LogP contribution < -0.4 is 4.74 Å². The average Bonchev–Trinajstić information content (AvgIpc) is 2.20. The molecule has 0 saturated carbocycles. The maximum absolute atomic E-state index is 13.3. The van der Waals surface area contributed by atoms with E-state index in [9.17, 15) is 9.18 Å². The highest BCUT2D eigenvalue weighted by Crippen LogP contribution is 2.22. The summed E-state index contributed by atoms with van der Waals surface area (Å²) in [5.74, 6) is 0.0245. The van der Waals surface area contributed by atoms with E-state index in [0.29, 0.717) is 17.6 Å². The lowest BCUT2D eigenvalue weighted by Gasteiger charge is -2.01. The Labute approximate surface area is 79.9 Å². The van der Waals surface area contributed by atoms with Crippen LogP contribution in [-0.2, 0) is 4.79 Å². The quantitative estimate of drug-likeness (QED) is 0.680. The zero-order valence-electron chi connectivity index (χ0n) is 7.24. The van der Waals surface area contributed by atoms with Gasteiger partial charge in [0.1, 0.15) is 11.6 Å². The van der Waals surface area contributed by atoms with Gasteiger partial charge in [0.15, 0.2) is 0 Å². The number of hydrogen-bond acceptors (Lipinski definition) is 2. The van der Waals surface area contributed by atoms with E-state index < -0.39 is 0 Å². The van der Waals surface area contributed by atoms with Gasteiger partial charge in [-0.05, 0) is 23.6 Å². The predicted molar refractivity (Wildman–Crippen MR) is 50.6 cm³/mol. The summed E-state index contributed by atoms with van der Waals surface area (Å²) in [6, 6.07) is 9.63. The molecule has 2 nitrogen and oxygen atoms in total. The molecule has 2 rings (SSSR count). The van der Waals surface area contributed by atoms with Crippen molar-refractivity contribution in [1.29, 1.82) is 0 Å². The lowest BCUT2D eigenvalue weighted by molar-refractivity contribution is -0.120. The van der Waals surface area contributed by atoms with Crippen LogP contribution in [0.1, 0.15) is 0 Å². The number of hydrogen-bond donors (Lipinski definition) is 0. The summed E-state index contributed by atoms with van der Waals surface area (Å²) in [4.78, 5) is 10.1. The Balaban J connectivity index is 2.63. The third-order valence-corrected chi connectivity index (χ3v) is 1.98. The molecule has 0 aliphatic rings. The molecule has 0 heterocycles. The summed E-state index contributed by atoms with van der Waals surface area (Å²) >= 11 is 0. The van der Waals surface area contributed by atoms with Crippen molar-refractivity contribution in [2.24, 2.45) is 0 Å². The minimum atomic E-state index is -0.321. The second-order valence-electron chi connectivity index (χ2n) is 2.84. The lowest BCUT2D eigenvalue weighted by atomic mass is 10.1. The predicted octanol–water partition coefficient (Wildman–Crippen LogP) is 2.51. The van der Waals surface area contributed by atoms with Crippen molar-refractivity contribution in [2.75, 3.05) is 0 Å². The van der Waals surface area contributed by atoms with Gasteiger partial charge in [-0.25, -0.2) is 4.39 Å². The molecule has 14 heavy (non-hydrogen) atoms. The molecule has 0 aromatic heterocycles. The van der Waals surface area contributed by atoms with Gasteiger partial charge in [0.2, 0.25) is 0 Å². The fourth-order valence-electron chi connectivity index (χ4n) is 1.34. The number of rotatable bonds is 2. The highest BCUT2D eigenvalue weighted by atomic mass is 19.1. The Bertz CT molecular complexity index is 480. The smallest absolute Gasteiger partial charge is 0.298 e. The van der Waals surface area contributed by atoms with E-state index in [4.69, 9.17) is 0 Å². The van der Waals surface area contributed by atoms with Crippen molar-refractivity contribution in [3.05, 3.63) is 42.2 Å². The van der Waals surface area contributed by atoms with E-state index in [1.54, 1.807) is 24.3 Å². The summed E-state index contributed by atoms with van der Waals surface area (Å²) in [5.41, 5.74) is 0. The molecule has 0 unspecified atom stereocenters. The Morgan fingerprint density at radius 3 is 2.86 bits per heavy atom. The van der Waals surface area contributed by atoms with E-state index in [1.165, 1.54) is 12.1 Å². The molecule has 0 atom stereocenters. The Morgan fingerprint density at radius 2 is 2.07 bits per heavy atom. The maximum atomic E-state index is 13.3. The lowest BCUT2D eigenvalue weighted by Crippen LogP contribution is -1.88. The molecular formula is C11H7FO2.